The van der Waals surface area contributed by atoms with E-state index in [2.05, 4.69) is 5.32 Å². The molecule has 0 aromatic heterocycles. The maximum absolute atomic E-state index is 11.3. The summed E-state index contributed by atoms with van der Waals surface area (Å²) in [7, 11) is 0. The van der Waals surface area contributed by atoms with Crippen LogP contribution in [0.3, 0.4) is 0 Å². The molecule has 12 heavy (non-hydrogen) atoms. The van der Waals surface area contributed by atoms with Gasteiger partial charge in [-0.2, -0.15) is 0 Å². The van der Waals surface area contributed by atoms with E-state index in [0.29, 0.717) is 11.8 Å². The Bertz CT molecular complexity index is 186. The van der Waals surface area contributed by atoms with Gasteiger partial charge in [-0.15, -0.1) is 0 Å². The Morgan fingerprint density at radius 3 is 2.75 bits per heavy atom. The second-order valence-electron chi connectivity index (χ2n) is 4.09. The zero-order valence-electron chi connectivity index (χ0n) is 7.68. The number of carbonyl (C=O) groups is 1. The molecule has 0 aromatic carbocycles. The van der Waals surface area contributed by atoms with Gasteiger partial charge in [0, 0.05) is 12.5 Å². The lowest BCUT2D eigenvalue weighted by molar-refractivity contribution is -0.122. The van der Waals surface area contributed by atoms with E-state index >= 15 is 0 Å². The van der Waals surface area contributed by atoms with Crippen molar-refractivity contribution in [3.63, 3.8) is 0 Å². The summed E-state index contributed by atoms with van der Waals surface area (Å²) in [4.78, 5) is 11.3. The molecule has 0 bridgehead atoms. The predicted octanol–water partition coefficient (Wildman–Crippen LogP) is 1.56. The molecule has 2 fully saturated rings. The summed E-state index contributed by atoms with van der Waals surface area (Å²) in [5.41, 5.74) is 0. The maximum atomic E-state index is 11.3. The number of rotatable bonds is 3. The van der Waals surface area contributed by atoms with Gasteiger partial charge in [-0.05, 0) is 25.2 Å². The van der Waals surface area contributed by atoms with E-state index in [1.54, 1.807) is 0 Å². The molecule has 0 radical (unpaired) electrons. The van der Waals surface area contributed by atoms with Crippen LogP contribution in [0.5, 0.6) is 0 Å². The lowest BCUT2D eigenvalue weighted by Gasteiger charge is -2.25. The molecule has 0 aliphatic heterocycles. The summed E-state index contributed by atoms with van der Waals surface area (Å²) in [6.45, 7) is 2.77. The van der Waals surface area contributed by atoms with Crippen LogP contribution in [-0.2, 0) is 4.79 Å². The fraction of sp³-hybridized carbons (Fsp3) is 0.900. The first-order chi connectivity index (χ1) is 5.83. The molecule has 2 aliphatic carbocycles. The fourth-order valence-corrected chi connectivity index (χ4v) is 2.21. The molecule has 68 valence electrons. The van der Waals surface area contributed by atoms with Crippen molar-refractivity contribution >= 4 is 5.91 Å². The second-order valence-corrected chi connectivity index (χ2v) is 4.09. The van der Waals surface area contributed by atoms with Crippen molar-refractivity contribution in [1.82, 2.24) is 5.32 Å². The topological polar surface area (TPSA) is 29.1 Å². The van der Waals surface area contributed by atoms with Crippen LogP contribution in [0.1, 0.15) is 32.6 Å². The molecule has 2 nitrogen and oxygen atoms in total. The van der Waals surface area contributed by atoms with Gasteiger partial charge in [0.15, 0.2) is 0 Å². The van der Waals surface area contributed by atoms with E-state index in [1.807, 2.05) is 6.92 Å². The molecule has 2 rings (SSSR count). The molecule has 1 N–H and O–H groups in total. The van der Waals surface area contributed by atoms with Crippen molar-refractivity contribution in [3.05, 3.63) is 0 Å². The molecule has 2 saturated carbocycles. The van der Waals surface area contributed by atoms with Crippen LogP contribution < -0.4 is 5.32 Å². The third-order valence-corrected chi connectivity index (χ3v) is 3.28. The van der Waals surface area contributed by atoms with Crippen molar-refractivity contribution in [2.75, 3.05) is 6.54 Å². The first kappa shape index (κ1) is 8.09. The highest BCUT2D eigenvalue weighted by atomic mass is 16.2. The van der Waals surface area contributed by atoms with Gasteiger partial charge >= 0.3 is 0 Å². The van der Waals surface area contributed by atoms with E-state index in [9.17, 15) is 4.79 Å². The van der Waals surface area contributed by atoms with Gasteiger partial charge in [-0.3, -0.25) is 4.79 Å². The van der Waals surface area contributed by atoms with Gasteiger partial charge in [0.05, 0.1) is 0 Å². The minimum atomic E-state index is 0.300. The van der Waals surface area contributed by atoms with E-state index < -0.39 is 0 Å². The molecular weight excluding hydrogens is 150 g/mol. The molecule has 2 atom stereocenters. The Labute approximate surface area is 73.7 Å². The SMILES string of the molecule is CCNC(=O)C1CC1C1CCC1. The van der Waals surface area contributed by atoms with Crippen molar-refractivity contribution in [2.24, 2.45) is 17.8 Å². The van der Waals surface area contributed by atoms with Crippen LogP contribution in [0, 0.1) is 17.8 Å². The average Bonchev–Trinajstić information content (AvgIpc) is 2.64. The number of amides is 1. The van der Waals surface area contributed by atoms with E-state index in [4.69, 9.17) is 0 Å². The quantitative estimate of drug-likeness (QED) is 0.679. The average molecular weight is 167 g/mol. The van der Waals surface area contributed by atoms with Crippen LogP contribution in [-0.4, -0.2) is 12.5 Å². The normalized spacial score (nSPS) is 34.1. The molecule has 2 aliphatic rings. The number of nitrogens with one attached hydrogen (secondary N) is 1. The van der Waals surface area contributed by atoms with Crippen LogP contribution in [0.4, 0.5) is 0 Å². The highest BCUT2D eigenvalue weighted by Crippen LogP contribution is 2.51. The summed E-state index contributed by atoms with van der Waals surface area (Å²) < 4.78 is 0. The largest absolute Gasteiger partial charge is 0.356 e. The van der Waals surface area contributed by atoms with Gasteiger partial charge in [-0.1, -0.05) is 19.3 Å². The Hall–Kier alpha value is -0.530. The van der Waals surface area contributed by atoms with Crippen molar-refractivity contribution in [1.29, 1.82) is 0 Å². The summed E-state index contributed by atoms with van der Waals surface area (Å²) in [6.07, 6.45) is 5.31. The number of carbonyl (C=O) groups excluding carboxylic acids is 1. The Morgan fingerprint density at radius 1 is 1.50 bits per heavy atom. The summed E-state index contributed by atoms with van der Waals surface area (Å²) >= 11 is 0. The zero-order valence-corrected chi connectivity index (χ0v) is 7.68. The number of hydrogen-bond acceptors (Lipinski definition) is 1. The zero-order chi connectivity index (χ0) is 8.55. The van der Waals surface area contributed by atoms with Gasteiger partial charge in [0.1, 0.15) is 0 Å². The third kappa shape index (κ3) is 1.35. The second kappa shape index (κ2) is 3.08. The van der Waals surface area contributed by atoms with Crippen molar-refractivity contribution in [3.8, 4) is 0 Å². The summed E-state index contributed by atoms with van der Waals surface area (Å²) in [5, 5.41) is 2.90. The van der Waals surface area contributed by atoms with Crippen LogP contribution >= 0.6 is 0 Å². The molecular formula is C10H17NO. The molecule has 0 aromatic rings. The molecule has 0 spiro atoms. The fourth-order valence-electron chi connectivity index (χ4n) is 2.21. The van der Waals surface area contributed by atoms with Gasteiger partial charge in [0.25, 0.3) is 0 Å². The minimum absolute atomic E-state index is 0.300. The monoisotopic (exact) mass is 167 g/mol. The van der Waals surface area contributed by atoms with Crippen LogP contribution in [0.2, 0.25) is 0 Å². The highest BCUT2D eigenvalue weighted by molar-refractivity contribution is 5.81. The Kier molecular flexibility index (Phi) is 2.07. The summed E-state index contributed by atoms with van der Waals surface area (Å²) in [6, 6.07) is 0. The lowest BCUT2D eigenvalue weighted by Crippen LogP contribution is -2.26. The molecule has 0 heterocycles. The minimum Gasteiger partial charge on any atom is -0.356 e. The molecule has 2 heteroatoms. The molecule has 0 saturated heterocycles. The predicted molar refractivity (Wildman–Crippen MR) is 47.6 cm³/mol. The van der Waals surface area contributed by atoms with Gasteiger partial charge < -0.3 is 5.32 Å². The maximum Gasteiger partial charge on any atom is 0.223 e. The van der Waals surface area contributed by atoms with E-state index in [1.165, 1.54) is 19.3 Å². The molecule has 1 amide bonds. The first-order valence-corrected chi connectivity index (χ1v) is 5.10. The van der Waals surface area contributed by atoms with Crippen molar-refractivity contribution < 1.29 is 4.79 Å². The standard InChI is InChI=1S/C10H17NO/c1-2-11-10(12)9-6-8(9)7-4-3-5-7/h7-9H,2-6H2,1H3,(H,11,12). The Balaban J connectivity index is 1.75. The van der Waals surface area contributed by atoms with Crippen molar-refractivity contribution in [2.45, 2.75) is 32.6 Å². The lowest BCUT2D eigenvalue weighted by atomic mass is 9.81. The third-order valence-electron chi connectivity index (χ3n) is 3.28. The van der Waals surface area contributed by atoms with Gasteiger partial charge in [-0.25, -0.2) is 0 Å². The van der Waals surface area contributed by atoms with Gasteiger partial charge in [0.2, 0.25) is 5.91 Å². The van der Waals surface area contributed by atoms with Crippen LogP contribution in [0.15, 0.2) is 0 Å². The summed E-state index contributed by atoms with van der Waals surface area (Å²) in [5.74, 6) is 2.34. The number of hydrogen-bond donors (Lipinski definition) is 1. The van der Waals surface area contributed by atoms with E-state index in [0.717, 1.165) is 24.8 Å². The molecule has 2 unspecified atom stereocenters. The Morgan fingerprint density at radius 2 is 2.25 bits per heavy atom. The van der Waals surface area contributed by atoms with E-state index in [-0.39, 0.29) is 0 Å². The highest BCUT2D eigenvalue weighted by Gasteiger charge is 2.48. The smallest absolute Gasteiger partial charge is 0.223 e. The van der Waals surface area contributed by atoms with Crippen LogP contribution in [0.25, 0.3) is 0 Å². The first-order valence-electron chi connectivity index (χ1n) is 5.10.